The van der Waals surface area contributed by atoms with Crippen molar-refractivity contribution in [3.05, 3.63) is 64.7 Å². The first-order valence-electron chi connectivity index (χ1n) is 8.34. The number of esters is 1. The van der Waals surface area contributed by atoms with Crippen molar-refractivity contribution in [3.63, 3.8) is 0 Å². The molecule has 0 saturated heterocycles. The minimum Gasteiger partial charge on any atom is -0.454 e. The summed E-state index contributed by atoms with van der Waals surface area (Å²) in [5, 5.41) is 5.13. The van der Waals surface area contributed by atoms with Gasteiger partial charge in [-0.05, 0) is 35.6 Å². The van der Waals surface area contributed by atoms with E-state index in [9.17, 15) is 18.0 Å². The van der Waals surface area contributed by atoms with Crippen molar-refractivity contribution in [2.24, 2.45) is 5.14 Å². The first-order chi connectivity index (χ1) is 12.4. The molecule has 0 amide bonds. The fourth-order valence-corrected chi connectivity index (χ4v) is 3.30. The smallest absolute Gasteiger partial charge is 0.338 e. The fourth-order valence-electron chi connectivity index (χ4n) is 2.49. The standard InChI is InChI=1S/C20H23NO5S/c1-13-5-6-15(11-18(13)27(21,24)25)19(23)26-12-17(22)14-7-9-16(10-8-14)20(2,3)4/h5-11H,12H2,1-4H3,(H2,21,24,25). The molecule has 0 aliphatic heterocycles. The molecule has 2 aromatic carbocycles. The largest absolute Gasteiger partial charge is 0.454 e. The van der Waals surface area contributed by atoms with E-state index in [1.54, 1.807) is 19.1 Å². The van der Waals surface area contributed by atoms with E-state index in [2.05, 4.69) is 20.8 Å². The van der Waals surface area contributed by atoms with Crippen LogP contribution in [-0.4, -0.2) is 26.8 Å². The van der Waals surface area contributed by atoms with Gasteiger partial charge >= 0.3 is 5.97 Å². The predicted molar refractivity (Wildman–Crippen MR) is 102 cm³/mol. The number of carbonyl (C=O) groups is 2. The Morgan fingerprint density at radius 1 is 1.00 bits per heavy atom. The number of rotatable bonds is 5. The normalized spacial score (nSPS) is 11.9. The first-order valence-corrected chi connectivity index (χ1v) is 9.88. The summed E-state index contributed by atoms with van der Waals surface area (Å²) in [6.07, 6.45) is 0. The number of carbonyl (C=O) groups excluding carboxylic acids is 2. The Kier molecular flexibility index (Phi) is 5.87. The number of primary sulfonamides is 1. The highest BCUT2D eigenvalue weighted by atomic mass is 32.2. The van der Waals surface area contributed by atoms with E-state index in [1.165, 1.54) is 12.1 Å². The van der Waals surface area contributed by atoms with Crippen molar-refractivity contribution in [3.8, 4) is 0 Å². The molecule has 0 heterocycles. The molecule has 0 unspecified atom stereocenters. The lowest BCUT2D eigenvalue weighted by molar-refractivity contribution is 0.0474. The van der Waals surface area contributed by atoms with E-state index in [4.69, 9.17) is 9.88 Å². The maximum Gasteiger partial charge on any atom is 0.338 e. The summed E-state index contributed by atoms with van der Waals surface area (Å²) in [6, 6.07) is 11.2. The SMILES string of the molecule is Cc1ccc(C(=O)OCC(=O)c2ccc(C(C)(C)C)cc2)cc1S(N)(=O)=O. The summed E-state index contributed by atoms with van der Waals surface area (Å²) in [5.41, 5.74) is 1.93. The number of benzene rings is 2. The minimum atomic E-state index is -3.95. The molecule has 0 spiro atoms. The van der Waals surface area contributed by atoms with Gasteiger partial charge in [-0.1, -0.05) is 51.1 Å². The molecule has 144 valence electrons. The molecule has 6 nitrogen and oxygen atoms in total. The maximum absolute atomic E-state index is 12.2. The average Bonchev–Trinajstić information content (AvgIpc) is 2.58. The van der Waals surface area contributed by atoms with Gasteiger partial charge in [0.1, 0.15) is 0 Å². The lowest BCUT2D eigenvalue weighted by Gasteiger charge is -2.18. The molecule has 0 bridgehead atoms. The van der Waals surface area contributed by atoms with Crippen LogP contribution in [-0.2, 0) is 20.2 Å². The lowest BCUT2D eigenvalue weighted by Crippen LogP contribution is -2.17. The zero-order valence-electron chi connectivity index (χ0n) is 15.8. The monoisotopic (exact) mass is 389 g/mol. The molecular formula is C20H23NO5S. The Labute approximate surface area is 159 Å². The van der Waals surface area contributed by atoms with Gasteiger partial charge in [-0.25, -0.2) is 18.4 Å². The van der Waals surface area contributed by atoms with Crippen LogP contribution in [0.5, 0.6) is 0 Å². The summed E-state index contributed by atoms with van der Waals surface area (Å²) in [5.74, 6) is -1.14. The third-order valence-electron chi connectivity index (χ3n) is 4.14. The van der Waals surface area contributed by atoms with Crippen LogP contribution in [0.3, 0.4) is 0 Å². The van der Waals surface area contributed by atoms with Crippen LogP contribution in [0.4, 0.5) is 0 Å². The molecule has 0 atom stereocenters. The summed E-state index contributed by atoms with van der Waals surface area (Å²) in [4.78, 5) is 24.2. The molecule has 27 heavy (non-hydrogen) atoms. The van der Waals surface area contributed by atoms with Crippen LogP contribution in [0.1, 0.15) is 52.6 Å². The third kappa shape index (κ3) is 5.24. The highest BCUT2D eigenvalue weighted by Gasteiger charge is 2.18. The number of hydrogen-bond acceptors (Lipinski definition) is 5. The maximum atomic E-state index is 12.2. The molecule has 7 heteroatoms. The van der Waals surface area contributed by atoms with Gasteiger partial charge in [-0.15, -0.1) is 0 Å². The van der Waals surface area contributed by atoms with Crippen LogP contribution >= 0.6 is 0 Å². The molecule has 2 rings (SSSR count). The van der Waals surface area contributed by atoms with E-state index in [0.717, 1.165) is 11.6 Å². The van der Waals surface area contributed by atoms with Crippen molar-refractivity contribution < 1.29 is 22.7 Å². The predicted octanol–water partition coefficient (Wildman–Crippen LogP) is 2.98. The molecule has 0 saturated carbocycles. The Balaban J connectivity index is 2.08. The molecule has 0 aromatic heterocycles. The van der Waals surface area contributed by atoms with Gasteiger partial charge in [0.05, 0.1) is 10.5 Å². The Morgan fingerprint density at radius 2 is 1.56 bits per heavy atom. The number of ketones is 1. The van der Waals surface area contributed by atoms with Crippen LogP contribution in [0.2, 0.25) is 0 Å². The van der Waals surface area contributed by atoms with E-state index >= 15 is 0 Å². The number of Topliss-reactive ketones (excluding diaryl/α,β-unsaturated/α-hetero) is 1. The number of aryl methyl sites for hydroxylation is 1. The number of hydrogen-bond donors (Lipinski definition) is 1. The lowest BCUT2D eigenvalue weighted by atomic mass is 9.86. The fraction of sp³-hybridized carbons (Fsp3) is 0.300. The highest BCUT2D eigenvalue weighted by molar-refractivity contribution is 7.89. The number of ether oxygens (including phenoxy) is 1. The van der Waals surface area contributed by atoms with E-state index in [1.807, 2.05) is 12.1 Å². The minimum absolute atomic E-state index is 0.0144. The Hall–Kier alpha value is -2.51. The van der Waals surface area contributed by atoms with Crippen molar-refractivity contribution in [1.82, 2.24) is 0 Å². The number of sulfonamides is 1. The zero-order chi connectivity index (χ0) is 20.4. The summed E-state index contributed by atoms with van der Waals surface area (Å²) < 4.78 is 28.1. The average molecular weight is 389 g/mol. The zero-order valence-corrected chi connectivity index (χ0v) is 16.6. The van der Waals surface area contributed by atoms with E-state index in [0.29, 0.717) is 11.1 Å². The van der Waals surface area contributed by atoms with Crippen molar-refractivity contribution >= 4 is 21.8 Å². The second-order valence-corrected chi connectivity index (χ2v) is 8.88. The third-order valence-corrected chi connectivity index (χ3v) is 5.19. The quantitative estimate of drug-likeness (QED) is 0.625. The van der Waals surface area contributed by atoms with Gasteiger partial charge in [-0.2, -0.15) is 0 Å². The van der Waals surface area contributed by atoms with Gasteiger partial charge in [0.2, 0.25) is 10.0 Å². The molecule has 0 aliphatic rings. The van der Waals surface area contributed by atoms with Gasteiger partial charge in [0, 0.05) is 5.56 Å². The Bertz CT molecular complexity index is 970. The van der Waals surface area contributed by atoms with Gasteiger partial charge in [0.25, 0.3) is 0 Å². The molecular weight excluding hydrogens is 366 g/mol. The van der Waals surface area contributed by atoms with Crippen LogP contribution in [0.25, 0.3) is 0 Å². The molecule has 0 fully saturated rings. The van der Waals surface area contributed by atoms with E-state index < -0.39 is 22.6 Å². The topological polar surface area (TPSA) is 104 Å². The van der Waals surface area contributed by atoms with Crippen molar-refractivity contribution in [1.29, 1.82) is 0 Å². The van der Waals surface area contributed by atoms with Gasteiger partial charge in [-0.3, -0.25) is 4.79 Å². The van der Waals surface area contributed by atoms with Crippen LogP contribution in [0, 0.1) is 6.92 Å². The van der Waals surface area contributed by atoms with E-state index in [-0.39, 0.29) is 21.7 Å². The van der Waals surface area contributed by atoms with Gasteiger partial charge in [0.15, 0.2) is 12.4 Å². The summed E-state index contributed by atoms with van der Waals surface area (Å²) in [6.45, 7) is 7.35. The highest BCUT2D eigenvalue weighted by Crippen LogP contribution is 2.22. The first kappa shape index (κ1) is 20.8. The Morgan fingerprint density at radius 3 is 2.07 bits per heavy atom. The molecule has 2 N–H and O–H groups in total. The van der Waals surface area contributed by atoms with Crippen LogP contribution in [0.15, 0.2) is 47.4 Å². The van der Waals surface area contributed by atoms with Crippen molar-refractivity contribution in [2.45, 2.75) is 38.0 Å². The second-order valence-electron chi connectivity index (χ2n) is 7.35. The number of nitrogens with two attached hydrogens (primary N) is 1. The van der Waals surface area contributed by atoms with Crippen molar-refractivity contribution in [2.75, 3.05) is 6.61 Å². The van der Waals surface area contributed by atoms with Gasteiger partial charge < -0.3 is 4.74 Å². The second kappa shape index (κ2) is 7.62. The molecule has 0 aliphatic carbocycles. The molecule has 0 radical (unpaired) electrons. The molecule has 2 aromatic rings. The summed E-state index contributed by atoms with van der Waals surface area (Å²) in [7, 11) is -3.95. The summed E-state index contributed by atoms with van der Waals surface area (Å²) >= 11 is 0. The van der Waals surface area contributed by atoms with Crippen LogP contribution < -0.4 is 5.14 Å².